The Labute approximate surface area is 129 Å². The van der Waals surface area contributed by atoms with Gasteiger partial charge in [-0.2, -0.15) is 0 Å². The fourth-order valence-electron chi connectivity index (χ4n) is 3.31. The Kier molecular flexibility index (Phi) is 5.65. The summed E-state index contributed by atoms with van der Waals surface area (Å²) < 4.78 is 5.72. The molecule has 0 saturated carbocycles. The van der Waals surface area contributed by atoms with Crippen molar-refractivity contribution >= 4 is 0 Å². The lowest BCUT2D eigenvalue weighted by molar-refractivity contribution is 0.0709. The number of piperidine rings is 1. The third kappa shape index (κ3) is 3.98. The van der Waals surface area contributed by atoms with Crippen molar-refractivity contribution in [3.05, 3.63) is 29.8 Å². The molecule has 1 aromatic rings. The van der Waals surface area contributed by atoms with E-state index >= 15 is 0 Å². The lowest BCUT2D eigenvalue weighted by Crippen LogP contribution is -2.46. The molecular formula is C18H30N2O. The molecule has 1 aliphatic heterocycles. The molecule has 0 radical (unpaired) electrons. The van der Waals surface area contributed by atoms with E-state index < -0.39 is 0 Å². The van der Waals surface area contributed by atoms with Gasteiger partial charge in [-0.25, -0.2) is 0 Å². The highest BCUT2D eigenvalue weighted by atomic mass is 16.5. The molecule has 2 N–H and O–H groups in total. The fraction of sp³-hybridized carbons (Fsp3) is 0.667. The molecule has 0 amide bonds. The van der Waals surface area contributed by atoms with Crippen LogP contribution in [0.15, 0.2) is 24.3 Å². The van der Waals surface area contributed by atoms with Gasteiger partial charge in [0.15, 0.2) is 0 Å². The van der Waals surface area contributed by atoms with E-state index in [0.717, 1.165) is 18.2 Å². The Morgan fingerprint density at radius 3 is 2.48 bits per heavy atom. The summed E-state index contributed by atoms with van der Waals surface area (Å²) in [5.74, 6) is 1.68. The van der Waals surface area contributed by atoms with E-state index in [1.807, 2.05) is 13.8 Å². The van der Waals surface area contributed by atoms with Gasteiger partial charge in [-0.15, -0.1) is 0 Å². The molecule has 2 rings (SSSR count). The summed E-state index contributed by atoms with van der Waals surface area (Å²) in [5, 5.41) is 0. The van der Waals surface area contributed by atoms with Gasteiger partial charge in [-0.1, -0.05) is 19.1 Å². The summed E-state index contributed by atoms with van der Waals surface area (Å²) in [6, 6.07) is 9.38. The minimum Gasteiger partial charge on any atom is -0.491 e. The van der Waals surface area contributed by atoms with Gasteiger partial charge in [-0.3, -0.25) is 4.90 Å². The standard InChI is InChI=1S/C18H30N2O/c1-13(2)21-17-9-7-16(8-10-17)18(12-19)20-11-5-6-14(3)15(20)4/h7-10,13-15,18H,5-6,11-12,19H2,1-4H3. The maximum Gasteiger partial charge on any atom is 0.119 e. The number of hydrogen-bond donors (Lipinski definition) is 1. The quantitative estimate of drug-likeness (QED) is 0.900. The van der Waals surface area contributed by atoms with E-state index in [-0.39, 0.29) is 6.10 Å². The lowest BCUT2D eigenvalue weighted by atomic mass is 9.89. The summed E-state index contributed by atoms with van der Waals surface area (Å²) in [7, 11) is 0. The van der Waals surface area contributed by atoms with Gasteiger partial charge in [0.25, 0.3) is 0 Å². The van der Waals surface area contributed by atoms with Crippen LogP contribution in [0.1, 0.15) is 52.1 Å². The fourth-order valence-corrected chi connectivity index (χ4v) is 3.31. The molecule has 1 heterocycles. The molecule has 21 heavy (non-hydrogen) atoms. The van der Waals surface area contributed by atoms with Crippen molar-refractivity contribution in [1.82, 2.24) is 4.90 Å². The minimum absolute atomic E-state index is 0.212. The van der Waals surface area contributed by atoms with Crippen molar-refractivity contribution < 1.29 is 4.74 Å². The van der Waals surface area contributed by atoms with Gasteiger partial charge in [0, 0.05) is 18.6 Å². The molecular weight excluding hydrogens is 260 g/mol. The van der Waals surface area contributed by atoms with Crippen LogP contribution in [0.2, 0.25) is 0 Å². The molecule has 0 spiro atoms. The van der Waals surface area contributed by atoms with Crippen molar-refractivity contribution in [3.63, 3.8) is 0 Å². The van der Waals surface area contributed by atoms with Gasteiger partial charge in [0.1, 0.15) is 5.75 Å². The predicted molar refractivity (Wildman–Crippen MR) is 88.6 cm³/mol. The van der Waals surface area contributed by atoms with Gasteiger partial charge in [0.05, 0.1) is 6.10 Å². The van der Waals surface area contributed by atoms with Crippen molar-refractivity contribution in [2.24, 2.45) is 11.7 Å². The summed E-state index contributed by atoms with van der Waals surface area (Å²) in [6.45, 7) is 10.6. The zero-order chi connectivity index (χ0) is 15.4. The number of nitrogens with two attached hydrogens (primary N) is 1. The average Bonchev–Trinajstić information content (AvgIpc) is 2.45. The number of hydrogen-bond acceptors (Lipinski definition) is 3. The summed E-state index contributed by atoms with van der Waals surface area (Å²) in [6.07, 6.45) is 2.82. The number of rotatable bonds is 5. The third-order valence-corrected chi connectivity index (χ3v) is 4.68. The highest BCUT2D eigenvalue weighted by Gasteiger charge is 2.30. The van der Waals surface area contributed by atoms with Gasteiger partial charge >= 0.3 is 0 Å². The van der Waals surface area contributed by atoms with Crippen molar-refractivity contribution in [2.45, 2.75) is 58.7 Å². The second kappa shape index (κ2) is 7.28. The Hall–Kier alpha value is -1.06. The van der Waals surface area contributed by atoms with Crippen LogP contribution in [0.5, 0.6) is 5.75 Å². The molecule has 1 aliphatic rings. The zero-order valence-corrected chi connectivity index (χ0v) is 13.9. The highest BCUT2D eigenvalue weighted by Crippen LogP contribution is 2.31. The summed E-state index contributed by atoms with van der Waals surface area (Å²) in [4.78, 5) is 2.58. The number of benzene rings is 1. The topological polar surface area (TPSA) is 38.5 Å². The summed E-state index contributed by atoms with van der Waals surface area (Å²) >= 11 is 0. The zero-order valence-electron chi connectivity index (χ0n) is 13.9. The average molecular weight is 290 g/mol. The van der Waals surface area contributed by atoms with Gasteiger partial charge < -0.3 is 10.5 Å². The van der Waals surface area contributed by atoms with Crippen LogP contribution in [-0.4, -0.2) is 30.1 Å². The van der Waals surface area contributed by atoms with Gasteiger partial charge in [-0.05, 0) is 63.8 Å². The second-order valence-electron chi connectivity index (χ2n) is 6.59. The first-order valence-corrected chi connectivity index (χ1v) is 8.25. The smallest absolute Gasteiger partial charge is 0.119 e. The van der Waals surface area contributed by atoms with Crippen LogP contribution in [0.25, 0.3) is 0 Å². The van der Waals surface area contributed by atoms with Crippen LogP contribution >= 0.6 is 0 Å². The Balaban J connectivity index is 2.13. The van der Waals surface area contributed by atoms with Gasteiger partial charge in [0.2, 0.25) is 0 Å². The molecule has 3 atom stereocenters. The largest absolute Gasteiger partial charge is 0.491 e. The molecule has 0 aromatic heterocycles. The number of ether oxygens (including phenoxy) is 1. The monoisotopic (exact) mass is 290 g/mol. The molecule has 1 saturated heterocycles. The molecule has 118 valence electrons. The predicted octanol–water partition coefficient (Wildman–Crippen LogP) is 3.59. The van der Waals surface area contributed by atoms with Crippen LogP contribution < -0.4 is 10.5 Å². The Morgan fingerprint density at radius 1 is 1.24 bits per heavy atom. The first kappa shape index (κ1) is 16.3. The van der Waals surface area contributed by atoms with E-state index in [1.165, 1.54) is 18.4 Å². The molecule has 1 aromatic carbocycles. The van der Waals surface area contributed by atoms with Crippen molar-refractivity contribution in [1.29, 1.82) is 0 Å². The van der Waals surface area contributed by atoms with Crippen molar-refractivity contribution in [2.75, 3.05) is 13.1 Å². The molecule has 1 fully saturated rings. The Bertz CT molecular complexity index is 429. The van der Waals surface area contributed by atoms with E-state index in [2.05, 4.69) is 43.0 Å². The number of likely N-dealkylation sites (tertiary alicyclic amines) is 1. The van der Waals surface area contributed by atoms with Crippen LogP contribution in [0, 0.1) is 5.92 Å². The van der Waals surface area contributed by atoms with E-state index in [0.29, 0.717) is 18.6 Å². The highest BCUT2D eigenvalue weighted by molar-refractivity contribution is 5.29. The van der Waals surface area contributed by atoms with Crippen molar-refractivity contribution in [3.8, 4) is 5.75 Å². The van der Waals surface area contributed by atoms with E-state index in [1.54, 1.807) is 0 Å². The molecule has 0 bridgehead atoms. The first-order valence-electron chi connectivity index (χ1n) is 8.25. The molecule has 3 unspecified atom stereocenters. The SMILES string of the molecule is CC(C)Oc1ccc(C(CN)N2CCCC(C)C2C)cc1. The van der Waals surface area contributed by atoms with E-state index in [4.69, 9.17) is 10.5 Å². The second-order valence-corrected chi connectivity index (χ2v) is 6.59. The Morgan fingerprint density at radius 2 is 1.90 bits per heavy atom. The lowest BCUT2D eigenvalue weighted by Gasteiger charge is -2.42. The first-order chi connectivity index (χ1) is 10.0. The number of nitrogens with zero attached hydrogens (tertiary/aromatic N) is 1. The maximum atomic E-state index is 6.09. The maximum absolute atomic E-state index is 6.09. The van der Waals surface area contributed by atoms with Crippen LogP contribution in [-0.2, 0) is 0 Å². The van der Waals surface area contributed by atoms with E-state index in [9.17, 15) is 0 Å². The minimum atomic E-state index is 0.212. The van der Waals surface area contributed by atoms with Crippen LogP contribution in [0.3, 0.4) is 0 Å². The summed E-state index contributed by atoms with van der Waals surface area (Å²) in [5.41, 5.74) is 7.39. The third-order valence-electron chi connectivity index (χ3n) is 4.68. The molecule has 3 heteroatoms. The molecule has 0 aliphatic carbocycles. The normalized spacial score (nSPS) is 25.0. The molecule has 3 nitrogen and oxygen atoms in total. The van der Waals surface area contributed by atoms with Crippen LogP contribution in [0.4, 0.5) is 0 Å².